The molecule has 1 unspecified atom stereocenters. The minimum Gasteiger partial charge on any atom is -0.469 e. The molecule has 1 aliphatic carbocycles. The van der Waals surface area contributed by atoms with Gasteiger partial charge in [-0.05, 0) is 17.0 Å². The maximum Gasteiger partial charge on any atom is 0.306 e. The van der Waals surface area contributed by atoms with Crippen molar-refractivity contribution >= 4 is 23.0 Å². The van der Waals surface area contributed by atoms with Crippen LogP contribution in [-0.2, 0) is 9.53 Å². The number of carbonyl (C=O) groups excluding carboxylic acids is 1. The normalized spacial score (nSPS) is 21.7. The highest BCUT2D eigenvalue weighted by atomic mass is 32.1. The van der Waals surface area contributed by atoms with Gasteiger partial charge < -0.3 is 9.94 Å². The second-order valence-electron chi connectivity index (χ2n) is 3.43. The van der Waals surface area contributed by atoms with Crippen LogP contribution in [0.15, 0.2) is 16.6 Å². The molecule has 1 aromatic heterocycles. The Bertz CT molecular complexity index is 411. The van der Waals surface area contributed by atoms with E-state index in [4.69, 9.17) is 5.21 Å². The Morgan fingerprint density at radius 2 is 2.60 bits per heavy atom. The second kappa shape index (κ2) is 4.02. The fraction of sp³-hybridized carbons (Fsp3) is 0.400. The molecular formula is C10H11NO3S. The average Bonchev–Trinajstić information content (AvgIpc) is 2.81. The molecule has 0 bridgehead atoms. The smallest absolute Gasteiger partial charge is 0.306 e. The number of nitrogens with zero attached hydrogens (tertiary/aromatic N) is 1. The molecule has 2 rings (SSSR count). The number of methoxy groups -OCH3 is 1. The molecule has 5 heteroatoms. The summed E-state index contributed by atoms with van der Waals surface area (Å²) in [6.07, 6.45) is 0.965. The number of rotatable bonds is 2. The monoisotopic (exact) mass is 225 g/mol. The van der Waals surface area contributed by atoms with Crippen molar-refractivity contribution in [2.45, 2.75) is 18.8 Å². The number of thiophene rings is 1. The number of fused-ring (bicyclic) bond motifs is 1. The second-order valence-corrected chi connectivity index (χ2v) is 4.35. The highest BCUT2D eigenvalue weighted by molar-refractivity contribution is 7.12. The third-order valence-corrected chi connectivity index (χ3v) is 3.58. The van der Waals surface area contributed by atoms with Gasteiger partial charge in [0, 0.05) is 12.3 Å². The minimum atomic E-state index is -0.226. The summed E-state index contributed by atoms with van der Waals surface area (Å²) in [5.41, 5.74) is 1.77. The molecule has 1 aromatic rings. The summed E-state index contributed by atoms with van der Waals surface area (Å²) in [4.78, 5) is 12.2. The predicted octanol–water partition coefficient (Wildman–Crippen LogP) is 1.98. The first kappa shape index (κ1) is 10.2. The molecule has 4 nitrogen and oxygen atoms in total. The van der Waals surface area contributed by atoms with Crippen LogP contribution in [0.2, 0.25) is 0 Å². The van der Waals surface area contributed by atoms with Crippen molar-refractivity contribution in [3.05, 3.63) is 21.9 Å². The number of oxime groups is 1. The number of hydrogen-bond donors (Lipinski definition) is 1. The van der Waals surface area contributed by atoms with Crippen LogP contribution < -0.4 is 0 Å². The van der Waals surface area contributed by atoms with Gasteiger partial charge in [0.25, 0.3) is 0 Å². The summed E-state index contributed by atoms with van der Waals surface area (Å²) in [7, 11) is 1.38. The molecule has 1 heterocycles. The van der Waals surface area contributed by atoms with Gasteiger partial charge in [-0.1, -0.05) is 5.16 Å². The minimum absolute atomic E-state index is 0.101. The Labute approximate surface area is 91.2 Å². The fourth-order valence-corrected chi connectivity index (χ4v) is 2.85. The van der Waals surface area contributed by atoms with E-state index in [-0.39, 0.29) is 11.9 Å². The van der Waals surface area contributed by atoms with Crippen LogP contribution in [-0.4, -0.2) is 24.0 Å². The average molecular weight is 225 g/mol. The predicted molar refractivity (Wildman–Crippen MR) is 56.6 cm³/mol. The zero-order valence-electron chi connectivity index (χ0n) is 8.27. The Balaban J connectivity index is 2.22. The Morgan fingerprint density at radius 3 is 3.27 bits per heavy atom. The summed E-state index contributed by atoms with van der Waals surface area (Å²) in [5, 5.41) is 14.0. The molecule has 0 aliphatic heterocycles. The molecule has 0 saturated carbocycles. The van der Waals surface area contributed by atoms with Gasteiger partial charge in [0.2, 0.25) is 0 Å². The van der Waals surface area contributed by atoms with E-state index in [1.54, 1.807) is 11.3 Å². The number of carbonyl (C=O) groups is 1. The van der Waals surface area contributed by atoms with Gasteiger partial charge in [-0.2, -0.15) is 0 Å². The summed E-state index contributed by atoms with van der Waals surface area (Å²) < 4.78 is 4.63. The summed E-state index contributed by atoms with van der Waals surface area (Å²) in [6.45, 7) is 0. The van der Waals surface area contributed by atoms with E-state index in [0.29, 0.717) is 18.6 Å². The van der Waals surface area contributed by atoms with Gasteiger partial charge in [-0.3, -0.25) is 4.79 Å². The van der Waals surface area contributed by atoms with Crippen molar-refractivity contribution in [3.63, 3.8) is 0 Å². The Hall–Kier alpha value is -1.36. The van der Waals surface area contributed by atoms with Gasteiger partial charge in [0.15, 0.2) is 0 Å². The lowest BCUT2D eigenvalue weighted by molar-refractivity contribution is -0.141. The van der Waals surface area contributed by atoms with E-state index < -0.39 is 0 Å². The molecule has 15 heavy (non-hydrogen) atoms. The first-order valence-corrected chi connectivity index (χ1v) is 5.49. The van der Waals surface area contributed by atoms with Crippen molar-refractivity contribution < 1.29 is 14.7 Å². The molecule has 1 atom stereocenters. The number of esters is 1. The third kappa shape index (κ3) is 1.74. The van der Waals surface area contributed by atoms with Crippen molar-refractivity contribution in [2.24, 2.45) is 5.16 Å². The molecule has 1 N–H and O–H groups in total. The Morgan fingerprint density at radius 1 is 1.80 bits per heavy atom. The zero-order chi connectivity index (χ0) is 10.8. The zero-order valence-corrected chi connectivity index (χ0v) is 9.08. The highest BCUT2D eigenvalue weighted by Gasteiger charge is 2.31. The van der Waals surface area contributed by atoms with Crippen LogP contribution in [0.4, 0.5) is 0 Å². The van der Waals surface area contributed by atoms with Gasteiger partial charge in [-0.25, -0.2) is 0 Å². The van der Waals surface area contributed by atoms with Crippen molar-refractivity contribution in [1.82, 2.24) is 0 Å². The summed E-state index contributed by atoms with van der Waals surface area (Å²) >= 11 is 1.54. The first-order valence-electron chi connectivity index (χ1n) is 4.61. The molecule has 1 aliphatic rings. The van der Waals surface area contributed by atoms with E-state index in [1.165, 1.54) is 7.11 Å². The molecule has 0 aromatic carbocycles. The van der Waals surface area contributed by atoms with Crippen LogP contribution in [0.3, 0.4) is 0 Å². The van der Waals surface area contributed by atoms with Gasteiger partial charge in [0.1, 0.15) is 0 Å². The lowest BCUT2D eigenvalue weighted by atomic mass is 10.00. The molecule has 80 valence electrons. The molecule has 0 amide bonds. The van der Waals surface area contributed by atoms with Crippen molar-refractivity contribution in [3.8, 4) is 0 Å². The van der Waals surface area contributed by atoms with Crippen LogP contribution >= 0.6 is 11.3 Å². The molecular weight excluding hydrogens is 214 g/mol. The van der Waals surface area contributed by atoms with Crippen molar-refractivity contribution in [2.75, 3.05) is 7.11 Å². The van der Waals surface area contributed by atoms with E-state index in [0.717, 1.165) is 10.4 Å². The molecule has 0 radical (unpaired) electrons. The molecule has 0 saturated heterocycles. The van der Waals surface area contributed by atoms with Crippen LogP contribution in [0.1, 0.15) is 29.2 Å². The molecule has 0 fully saturated rings. The maximum absolute atomic E-state index is 11.2. The largest absolute Gasteiger partial charge is 0.469 e. The number of ether oxygens (including phenoxy) is 1. The summed E-state index contributed by atoms with van der Waals surface area (Å²) in [5.74, 6) is -0.124. The third-order valence-electron chi connectivity index (χ3n) is 2.60. The summed E-state index contributed by atoms with van der Waals surface area (Å²) in [6, 6.07) is 1.98. The Kier molecular flexibility index (Phi) is 2.73. The molecule has 0 spiro atoms. The van der Waals surface area contributed by atoms with Gasteiger partial charge in [0.05, 0.1) is 24.1 Å². The fourth-order valence-electron chi connectivity index (χ4n) is 1.86. The lowest BCUT2D eigenvalue weighted by Gasteiger charge is -2.06. The topological polar surface area (TPSA) is 58.9 Å². The highest BCUT2D eigenvalue weighted by Crippen LogP contribution is 2.39. The van der Waals surface area contributed by atoms with Crippen molar-refractivity contribution in [1.29, 1.82) is 0 Å². The number of hydrogen-bond acceptors (Lipinski definition) is 5. The standard InChI is InChI=1S/C10H11NO3S/c1-14-9(12)5-6-4-8(11-13)10-7(6)2-3-15-10/h2-3,6,13H,4-5H2,1H3/b11-8+. The van der Waals surface area contributed by atoms with E-state index in [9.17, 15) is 4.79 Å². The SMILES string of the molecule is COC(=O)CC1C/C(=N\O)c2sccc21. The maximum atomic E-state index is 11.2. The van der Waals surface area contributed by atoms with Crippen LogP contribution in [0.25, 0.3) is 0 Å². The van der Waals surface area contributed by atoms with E-state index in [1.807, 2.05) is 11.4 Å². The van der Waals surface area contributed by atoms with E-state index in [2.05, 4.69) is 9.89 Å². The van der Waals surface area contributed by atoms with E-state index >= 15 is 0 Å². The van der Waals surface area contributed by atoms with Crippen LogP contribution in [0.5, 0.6) is 0 Å². The quantitative estimate of drug-likeness (QED) is 0.475. The van der Waals surface area contributed by atoms with Gasteiger partial charge >= 0.3 is 5.97 Å². The van der Waals surface area contributed by atoms with Gasteiger partial charge in [-0.15, -0.1) is 11.3 Å². The first-order chi connectivity index (χ1) is 7.26. The lowest BCUT2D eigenvalue weighted by Crippen LogP contribution is -2.06. The van der Waals surface area contributed by atoms with Crippen LogP contribution in [0, 0.1) is 0 Å².